The number of hydrogen-bond acceptors (Lipinski definition) is 4. The Morgan fingerprint density at radius 2 is 1.28 bits per heavy atom. The Labute approximate surface area is 304 Å². The Kier molecular flexibility index (Phi) is 29.3. The van der Waals surface area contributed by atoms with Gasteiger partial charge in [-0.2, -0.15) is 0 Å². The van der Waals surface area contributed by atoms with Crippen LogP contribution in [0.15, 0.2) is 30.3 Å². The van der Waals surface area contributed by atoms with E-state index in [0.717, 1.165) is 86.3 Å². The summed E-state index contributed by atoms with van der Waals surface area (Å²) in [6.45, 7) is 15.1. The molecule has 2 amide bonds. The molecule has 0 radical (unpaired) electrons. The largest absolute Gasteiger partial charge is 1.00 e. The highest BCUT2D eigenvalue weighted by atomic mass is 79.9. The molecule has 0 saturated heterocycles. The molecule has 0 aliphatic carbocycles. The second-order valence-corrected chi connectivity index (χ2v) is 13.4. The lowest BCUT2D eigenvalue weighted by Crippen LogP contribution is -3.00. The maximum atomic E-state index is 13.1. The van der Waals surface area contributed by atoms with Gasteiger partial charge in [0.2, 0.25) is 5.91 Å². The first kappa shape index (κ1) is 45.3. The standard InChI is InChI=1S/C38H68N4O3S.BrH/c1-5-9-10-11-12-13-14-15-16-17-21-29-36(46)39-30-23-22-28-35(41-38(44)45-33-34-26-19-18-20-27-34)37(43)40-31-24-25-32-42(6-2,7-3)8-4;/h18-20,26-27,35H,5-17,21-25,28-33H2,1-4H3,(H2-,39,40,41,43,44,46);1H/t35-;/m0./s1. The molecule has 272 valence electrons. The van der Waals surface area contributed by atoms with E-state index in [1.54, 1.807) is 0 Å². The number of nitrogens with one attached hydrogen (secondary N) is 3. The summed E-state index contributed by atoms with van der Waals surface area (Å²) in [7, 11) is 0. The Morgan fingerprint density at radius 1 is 0.723 bits per heavy atom. The average Bonchev–Trinajstić information content (AvgIpc) is 3.07. The predicted octanol–water partition coefficient (Wildman–Crippen LogP) is 5.85. The number of carbonyl (C=O) groups excluding carboxylic acids is 2. The minimum atomic E-state index is -0.622. The number of ether oxygens (including phenoxy) is 1. The summed E-state index contributed by atoms with van der Waals surface area (Å²) in [5.41, 5.74) is 0.912. The van der Waals surface area contributed by atoms with Crippen LogP contribution in [0.4, 0.5) is 4.79 Å². The topological polar surface area (TPSA) is 79.5 Å². The van der Waals surface area contributed by atoms with Gasteiger partial charge in [-0.3, -0.25) is 4.79 Å². The van der Waals surface area contributed by atoms with Gasteiger partial charge >= 0.3 is 6.09 Å². The van der Waals surface area contributed by atoms with E-state index in [2.05, 4.69) is 43.6 Å². The number of rotatable bonds is 29. The van der Waals surface area contributed by atoms with Gasteiger partial charge in [-0.05, 0) is 71.3 Å². The maximum Gasteiger partial charge on any atom is 0.408 e. The molecule has 3 N–H and O–H groups in total. The van der Waals surface area contributed by atoms with Crippen LogP contribution >= 0.6 is 12.2 Å². The molecule has 1 rings (SSSR count). The number of hydrogen-bond donors (Lipinski definition) is 3. The number of amides is 2. The lowest BCUT2D eigenvalue weighted by molar-refractivity contribution is -0.923. The van der Waals surface area contributed by atoms with Gasteiger partial charge in [0.15, 0.2) is 0 Å². The normalized spacial score (nSPS) is 11.7. The molecule has 1 atom stereocenters. The van der Waals surface area contributed by atoms with Crippen LogP contribution in [0.5, 0.6) is 0 Å². The molecule has 1 aromatic carbocycles. The van der Waals surface area contributed by atoms with E-state index in [1.165, 1.54) is 64.2 Å². The van der Waals surface area contributed by atoms with Crippen molar-refractivity contribution in [1.29, 1.82) is 0 Å². The highest BCUT2D eigenvalue weighted by Gasteiger charge is 2.22. The minimum Gasteiger partial charge on any atom is -1.00 e. The first-order chi connectivity index (χ1) is 22.4. The summed E-state index contributed by atoms with van der Waals surface area (Å²) in [5, 5.41) is 9.28. The number of thiocarbonyl (C=S) groups is 1. The second kappa shape index (κ2) is 30.4. The number of alkyl carbamates (subject to hydrolysis) is 1. The molecule has 0 saturated carbocycles. The number of carbonyl (C=O) groups is 2. The van der Waals surface area contributed by atoms with E-state index in [0.29, 0.717) is 13.0 Å². The van der Waals surface area contributed by atoms with E-state index in [4.69, 9.17) is 17.0 Å². The highest BCUT2D eigenvalue weighted by Crippen LogP contribution is 2.12. The van der Waals surface area contributed by atoms with Gasteiger partial charge < -0.3 is 42.2 Å². The predicted molar refractivity (Wildman–Crippen MR) is 198 cm³/mol. The van der Waals surface area contributed by atoms with Gasteiger partial charge in [-0.15, -0.1) is 0 Å². The van der Waals surface area contributed by atoms with Gasteiger partial charge in [0, 0.05) is 13.1 Å². The summed E-state index contributed by atoms with van der Waals surface area (Å²) in [6.07, 6.45) is 19.3. The van der Waals surface area contributed by atoms with Gasteiger partial charge in [0.1, 0.15) is 12.6 Å². The summed E-state index contributed by atoms with van der Waals surface area (Å²) < 4.78 is 6.53. The molecule has 1 aromatic rings. The number of halogens is 1. The van der Waals surface area contributed by atoms with Gasteiger partial charge in [0.05, 0.1) is 31.2 Å². The molecular formula is C38H69BrN4O3S. The molecule has 0 fully saturated rings. The van der Waals surface area contributed by atoms with E-state index in [1.807, 2.05) is 30.3 Å². The van der Waals surface area contributed by atoms with Crippen molar-refractivity contribution in [1.82, 2.24) is 16.0 Å². The van der Waals surface area contributed by atoms with Crippen LogP contribution in [0.25, 0.3) is 0 Å². The molecule has 0 aliphatic rings. The van der Waals surface area contributed by atoms with E-state index < -0.39 is 12.1 Å². The minimum absolute atomic E-state index is 0. The van der Waals surface area contributed by atoms with Crippen LogP contribution in [-0.2, 0) is 16.1 Å². The number of benzene rings is 1. The number of unbranched alkanes of at least 4 members (excludes halogenated alkanes) is 12. The zero-order valence-corrected chi connectivity index (χ0v) is 32.8. The van der Waals surface area contributed by atoms with Gasteiger partial charge in [-0.1, -0.05) is 114 Å². The Balaban J connectivity index is 0.0000212. The third-order valence-corrected chi connectivity index (χ3v) is 9.79. The van der Waals surface area contributed by atoms with Crippen LogP contribution in [0, 0.1) is 0 Å². The third kappa shape index (κ3) is 23.3. The summed E-state index contributed by atoms with van der Waals surface area (Å²) >= 11 is 5.56. The molecule has 0 unspecified atom stereocenters. The van der Waals surface area contributed by atoms with Crippen molar-refractivity contribution in [2.75, 3.05) is 39.3 Å². The van der Waals surface area contributed by atoms with E-state index >= 15 is 0 Å². The van der Waals surface area contributed by atoms with Crippen LogP contribution < -0.4 is 32.9 Å². The van der Waals surface area contributed by atoms with Crippen LogP contribution in [-0.4, -0.2) is 66.8 Å². The van der Waals surface area contributed by atoms with Crippen molar-refractivity contribution in [3.63, 3.8) is 0 Å². The average molecular weight is 742 g/mol. The first-order valence-electron chi connectivity index (χ1n) is 18.8. The van der Waals surface area contributed by atoms with Crippen molar-refractivity contribution in [2.24, 2.45) is 0 Å². The van der Waals surface area contributed by atoms with Crippen molar-refractivity contribution in [3.8, 4) is 0 Å². The molecule has 7 nitrogen and oxygen atoms in total. The van der Waals surface area contributed by atoms with E-state index in [-0.39, 0.29) is 29.5 Å². The highest BCUT2D eigenvalue weighted by molar-refractivity contribution is 7.80. The quantitative estimate of drug-likeness (QED) is 0.0547. The molecule has 0 bridgehead atoms. The van der Waals surface area contributed by atoms with Crippen molar-refractivity contribution < 1.29 is 35.8 Å². The molecule has 0 spiro atoms. The molecule has 47 heavy (non-hydrogen) atoms. The molecule has 0 heterocycles. The lowest BCUT2D eigenvalue weighted by atomic mass is 10.1. The SMILES string of the molecule is CCCCCCCCCCCCCC(=S)NCCCC[C@H](NC(=O)OCc1ccccc1)C(=O)NCCCC[N+](CC)(CC)CC.[Br-]. The van der Waals surface area contributed by atoms with Crippen LogP contribution in [0.3, 0.4) is 0 Å². The maximum absolute atomic E-state index is 13.1. The van der Waals surface area contributed by atoms with Gasteiger partial charge in [0.25, 0.3) is 0 Å². The Morgan fingerprint density at radius 3 is 1.87 bits per heavy atom. The fourth-order valence-corrected chi connectivity index (χ4v) is 6.21. The number of nitrogens with zero attached hydrogens (tertiary/aromatic N) is 1. The Bertz CT molecular complexity index is 909. The smallest absolute Gasteiger partial charge is 0.408 e. The summed E-state index contributed by atoms with van der Waals surface area (Å²) in [5.74, 6) is -0.140. The summed E-state index contributed by atoms with van der Waals surface area (Å²) in [6, 6.07) is 8.95. The zero-order valence-electron chi connectivity index (χ0n) is 30.4. The lowest BCUT2D eigenvalue weighted by Gasteiger charge is -2.35. The molecular weight excluding hydrogens is 672 g/mol. The monoisotopic (exact) mass is 740 g/mol. The van der Waals surface area contributed by atoms with Crippen molar-refractivity contribution in [3.05, 3.63) is 35.9 Å². The zero-order chi connectivity index (χ0) is 33.7. The van der Waals surface area contributed by atoms with E-state index in [9.17, 15) is 9.59 Å². The van der Waals surface area contributed by atoms with Crippen LogP contribution in [0.2, 0.25) is 0 Å². The Hall–Kier alpha value is -1.71. The molecule has 0 aliphatic heterocycles. The summed E-state index contributed by atoms with van der Waals surface area (Å²) in [4.78, 5) is 26.6. The second-order valence-electron chi connectivity index (χ2n) is 12.9. The fourth-order valence-electron chi connectivity index (χ4n) is 5.97. The third-order valence-electron chi connectivity index (χ3n) is 9.44. The fraction of sp³-hybridized carbons (Fsp3) is 0.763. The first-order valence-corrected chi connectivity index (χ1v) is 19.2. The molecule has 0 aromatic heterocycles. The number of quaternary nitrogens is 1. The van der Waals surface area contributed by atoms with Crippen LogP contribution in [0.1, 0.15) is 142 Å². The van der Waals surface area contributed by atoms with Gasteiger partial charge in [-0.25, -0.2) is 4.79 Å². The van der Waals surface area contributed by atoms with Crippen molar-refractivity contribution in [2.45, 2.75) is 149 Å². The van der Waals surface area contributed by atoms with Crippen molar-refractivity contribution >= 4 is 29.2 Å². The molecule has 9 heteroatoms.